The van der Waals surface area contributed by atoms with Crippen LogP contribution in [-0.4, -0.2) is 30.1 Å². The van der Waals surface area contributed by atoms with Gasteiger partial charge in [0.15, 0.2) is 0 Å². The highest BCUT2D eigenvalue weighted by molar-refractivity contribution is 6.30. The van der Waals surface area contributed by atoms with E-state index in [0.717, 1.165) is 38.2 Å². The fourth-order valence-corrected chi connectivity index (χ4v) is 2.53. The Kier molecular flexibility index (Phi) is 4.25. The second-order valence-corrected chi connectivity index (χ2v) is 5.71. The summed E-state index contributed by atoms with van der Waals surface area (Å²) in [5.41, 5.74) is 1.15. The molecule has 1 heterocycles. The Balaban J connectivity index is 2.02. The van der Waals surface area contributed by atoms with Gasteiger partial charge in [0, 0.05) is 31.7 Å². The van der Waals surface area contributed by atoms with E-state index in [1.165, 1.54) is 6.07 Å². The molecule has 0 bridgehead atoms. The fraction of sp³-hybridized carbons (Fsp3) is 0.571. The Hall–Kier alpha value is -0.640. The van der Waals surface area contributed by atoms with E-state index in [1.807, 2.05) is 6.07 Å². The van der Waals surface area contributed by atoms with E-state index in [0.29, 0.717) is 0 Å². The zero-order valence-corrected chi connectivity index (χ0v) is 11.7. The van der Waals surface area contributed by atoms with Crippen LogP contribution in [0.25, 0.3) is 0 Å². The molecule has 0 aliphatic carbocycles. The minimum atomic E-state index is -0.331. The van der Waals surface area contributed by atoms with E-state index in [9.17, 15) is 4.39 Å². The van der Waals surface area contributed by atoms with Gasteiger partial charge in [-0.2, -0.15) is 0 Å². The zero-order valence-electron chi connectivity index (χ0n) is 11.0. The van der Waals surface area contributed by atoms with Gasteiger partial charge >= 0.3 is 0 Å². The van der Waals surface area contributed by atoms with Crippen LogP contribution in [0.3, 0.4) is 0 Å². The normalized spacial score (nSPS) is 25.3. The van der Waals surface area contributed by atoms with Gasteiger partial charge in [-0.15, -0.1) is 0 Å². The zero-order chi connectivity index (χ0) is 13.2. The molecule has 1 fully saturated rings. The van der Waals surface area contributed by atoms with Crippen LogP contribution in [0.15, 0.2) is 18.2 Å². The topological polar surface area (TPSA) is 15.3 Å². The SMILES string of the molecule is CCC1(C)CN(Cc2ccc(Cl)c(F)c2)CCN1. The lowest BCUT2D eigenvalue weighted by molar-refractivity contribution is 0.133. The lowest BCUT2D eigenvalue weighted by Gasteiger charge is -2.41. The van der Waals surface area contributed by atoms with Gasteiger partial charge in [-0.3, -0.25) is 4.90 Å². The number of halogens is 2. The van der Waals surface area contributed by atoms with Crippen LogP contribution in [-0.2, 0) is 6.54 Å². The first-order chi connectivity index (χ1) is 8.52. The van der Waals surface area contributed by atoms with Gasteiger partial charge in [0.1, 0.15) is 5.82 Å². The molecule has 100 valence electrons. The van der Waals surface area contributed by atoms with Crippen LogP contribution in [0.1, 0.15) is 25.8 Å². The molecule has 1 saturated heterocycles. The van der Waals surface area contributed by atoms with Crippen LogP contribution in [0.2, 0.25) is 5.02 Å². The van der Waals surface area contributed by atoms with Crippen LogP contribution >= 0.6 is 11.6 Å². The van der Waals surface area contributed by atoms with Crippen LogP contribution in [0.5, 0.6) is 0 Å². The van der Waals surface area contributed by atoms with Gasteiger partial charge in [-0.25, -0.2) is 4.39 Å². The molecule has 1 aliphatic heterocycles. The number of benzene rings is 1. The summed E-state index contributed by atoms with van der Waals surface area (Å²) < 4.78 is 13.4. The molecule has 1 N–H and O–H groups in total. The van der Waals surface area contributed by atoms with Gasteiger partial charge in [0.05, 0.1) is 5.02 Å². The number of nitrogens with one attached hydrogen (secondary N) is 1. The Morgan fingerprint density at radius 1 is 1.50 bits per heavy atom. The van der Waals surface area contributed by atoms with E-state index in [4.69, 9.17) is 11.6 Å². The molecule has 1 aliphatic rings. The molecule has 0 saturated carbocycles. The first-order valence-corrected chi connectivity index (χ1v) is 6.81. The van der Waals surface area contributed by atoms with Crippen LogP contribution in [0.4, 0.5) is 4.39 Å². The predicted octanol–water partition coefficient (Wildman–Crippen LogP) is 3.05. The fourth-order valence-electron chi connectivity index (χ4n) is 2.41. The molecular weight excluding hydrogens is 251 g/mol. The van der Waals surface area contributed by atoms with Gasteiger partial charge in [0.25, 0.3) is 0 Å². The van der Waals surface area contributed by atoms with Crippen molar-refractivity contribution in [1.29, 1.82) is 0 Å². The monoisotopic (exact) mass is 270 g/mol. The highest BCUT2D eigenvalue weighted by Crippen LogP contribution is 2.20. The largest absolute Gasteiger partial charge is 0.309 e. The Bertz CT molecular complexity index is 424. The van der Waals surface area contributed by atoms with Crippen molar-refractivity contribution in [2.45, 2.75) is 32.4 Å². The molecule has 4 heteroatoms. The summed E-state index contributed by atoms with van der Waals surface area (Å²) in [5, 5.41) is 3.74. The number of piperazine rings is 1. The second-order valence-electron chi connectivity index (χ2n) is 5.30. The summed E-state index contributed by atoms with van der Waals surface area (Å²) in [4.78, 5) is 2.36. The maximum atomic E-state index is 13.4. The highest BCUT2D eigenvalue weighted by atomic mass is 35.5. The van der Waals surface area contributed by atoms with Crippen molar-refractivity contribution in [2.24, 2.45) is 0 Å². The molecule has 0 radical (unpaired) electrons. The third kappa shape index (κ3) is 3.22. The van der Waals surface area contributed by atoms with Crippen LogP contribution in [0, 0.1) is 5.82 Å². The van der Waals surface area contributed by atoms with Crippen molar-refractivity contribution >= 4 is 11.6 Å². The minimum absolute atomic E-state index is 0.170. The van der Waals surface area contributed by atoms with Gasteiger partial charge in [-0.05, 0) is 31.0 Å². The maximum absolute atomic E-state index is 13.4. The summed E-state index contributed by atoms with van der Waals surface area (Å²) in [7, 11) is 0. The summed E-state index contributed by atoms with van der Waals surface area (Å²) >= 11 is 5.69. The van der Waals surface area contributed by atoms with Crippen molar-refractivity contribution in [3.05, 3.63) is 34.6 Å². The van der Waals surface area contributed by atoms with Crippen molar-refractivity contribution in [1.82, 2.24) is 10.2 Å². The maximum Gasteiger partial charge on any atom is 0.142 e. The molecule has 1 unspecified atom stereocenters. The van der Waals surface area contributed by atoms with E-state index in [2.05, 4.69) is 24.1 Å². The molecule has 2 nitrogen and oxygen atoms in total. The first-order valence-electron chi connectivity index (χ1n) is 6.44. The van der Waals surface area contributed by atoms with E-state index >= 15 is 0 Å². The average Bonchev–Trinajstić information content (AvgIpc) is 2.34. The Labute approximate surface area is 113 Å². The molecule has 0 amide bonds. The minimum Gasteiger partial charge on any atom is -0.309 e. The second kappa shape index (κ2) is 5.55. The van der Waals surface area contributed by atoms with Crippen LogP contribution < -0.4 is 5.32 Å². The standard InChI is InChI=1S/C14H20ClFN2/c1-3-14(2)10-18(7-6-17-14)9-11-4-5-12(15)13(16)8-11/h4-5,8,17H,3,6-7,9-10H2,1-2H3. The highest BCUT2D eigenvalue weighted by Gasteiger charge is 2.28. The third-order valence-electron chi connectivity index (χ3n) is 3.72. The molecular formula is C14H20ClFN2. The Morgan fingerprint density at radius 2 is 2.28 bits per heavy atom. The van der Waals surface area contributed by atoms with Gasteiger partial charge in [-0.1, -0.05) is 24.6 Å². The third-order valence-corrected chi connectivity index (χ3v) is 4.03. The van der Waals surface area contributed by atoms with Crippen molar-refractivity contribution in [3.8, 4) is 0 Å². The van der Waals surface area contributed by atoms with E-state index in [-0.39, 0.29) is 16.4 Å². The van der Waals surface area contributed by atoms with E-state index < -0.39 is 0 Å². The molecule has 0 spiro atoms. The smallest absolute Gasteiger partial charge is 0.142 e. The summed E-state index contributed by atoms with van der Waals surface area (Å²) in [6.45, 7) is 8.19. The molecule has 18 heavy (non-hydrogen) atoms. The number of hydrogen-bond acceptors (Lipinski definition) is 2. The predicted molar refractivity (Wildman–Crippen MR) is 73.4 cm³/mol. The quantitative estimate of drug-likeness (QED) is 0.908. The molecule has 1 aromatic carbocycles. The van der Waals surface area contributed by atoms with Crippen molar-refractivity contribution < 1.29 is 4.39 Å². The number of hydrogen-bond donors (Lipinski definition) is 1. The Morgan fingerprint density at radius 3 is 2.94 bits per heavy atom. The lowest BCUT2D eigenvalue weighted by Crippen LogP contribution is -2.58. The summed E-state index contributed by atoms with van der Waals surface area (Å²) in [6, 6.07) is 5.07. The van der Waals surface area contributed by atoms with Crippen molar-refractivity contribution in [2.75, 3.05) is 19.6 Å². The average molecular weight is 271 g/mol. The summed E-state index contributed by atoms with van der Waals surface area (Å²) in [6.07, 6.45) is 1.10. The summed E-state index contributed by atoms with van der Waals surface area (Å²) in [5.74, 6) is -0.331. The van der Waals surface area contributed by atoms with Gasteiger partial charge < -0.3 is 5.32 Å². The molecule has 1 aromatic rings. The number of nitrogens with zero attached hydrogens (tertiary/aromatic N) is 1. The molecule has 1 atom stereocenters. The first kappa shape index (κ1) is 13.8. The molecule has 0 aromatic heterocycles. The van der Waals surface area contributed by atoms with Crippen molar-refractivity contribution in [3.63, 3.8) is 0 Å². The lowest BCUT2D eigenvalue weighted by atomic mass is 9.95. The van der Waals surface area contributed by atoms with E-state index in [1.54, 1.807) is 6.07 Å². The van der Waals surface area contributed by atoms with Gasteiger partial charge in [0.2, 0.25) is 0 Å². The molecule has 2 rings (SSSR count). The number of rotatable bonds is 3.